The fraction of sp³-hybridized carbons (Fsp3) is 0.360. The molecule has 1 aliphatic heterocycles. The molecule has 0 bridgehead atoms. The van der Waals surface area contributed by atoms with Crippen LogP contribution in [-0.4, -0.2) is 32.3 Å². The third-order valence-electron chi connectivity index (χ3n) is 6.81. The molecule has 1 saturated carbocycles. The number of hydrogen-bond acceptors (Lipinski definition) is 4. The summed E-state index contributed by atoms with van der Waals surface area (Å²) in [6, 6.07) is 15.0. The highest BCUT2D eigenvalue weighted by Crippen LogP contribution is 2.47. The number of H-pyrrole nitrogens is 1. The van der Waals surface area contributed by atoms with Gasteiger partial charge in [-0.3, -0.25) is 9.78 Å². The Labute approximate surface area is 191 Å². The Morgan fingerprint density at radius 3 is 2.56 bits per heavy atom. The molecule has 164 valence electrons. The van der Waals surface area contributed by atoms with E-state index in [1.165, 1.54) is 0 Å². The molecule has 0 unspecified atom stereocenters. The van der Waals surface area contributed by atoms with Crippen molar-refractivity contribution in [2.75, 3.05) is 6.54 Å². The van der Waals surface area contributed by atoms with Crippen LogP contribution in [0.4, 0.5) is 0 Å². The van der Waals surface area contributed by atoms with Crippen LogP contribution in [0.25, 0.3) is 22.8 Å². The van der Waals surface area contributed by atoms with Crippen molar-refractivity contribution in [2.24, 2.45) is 11.3 Å². The van der Waals surface area contributed by atoms with E-state index in [2.05, 4.69) is 21.9 Å². The van der Waals surface area contributed by atoms with Gasteiger partial charge in [-0.05, 0) is 49.3 Å². The molecule has 2 fully saturated rings. The molecule has 1 aromatic heterocycles. The number of carbonyl (C=O) groups excluding carboxylic acids is 1. The lowest BCUT2D eigenvalue weighted by molar-refractivity contribution is -0.165. The van der Waals surface area contributed by atoms with E-state index >= 15 is 0 Å². The Morgan fingerprint density at radius 2 is 1.84 bits per heavy atom. The smallest absolute Gasteiger partial charge is 0.337 e. The van der Waals surface area contributed by atoms with Gasteiger partial charge in [0.15, 0.2) is 5.82 Å². The van der Waals surface area contributed by atoms with Gasteiger partial charge in [0.1, 0.15) is 5.82 Å². The highest BCUT2D eigenvalue weighted by atomic mass is 35.5. The Morgan fingerprint density at radius 1 is 1.09 bits per heavy atom. The summed E-state index contributed by atoms with van der Waals surface area (Å²) in [4.78, 5) is 38.3. The van der Waals surface area contributed by atoms with E-state index in [0.717, 1.165) is 49.3 Å². The van der Waals surface area contributed by atoms with Crippen LogP contribution in [0.5, 0.6) is 0 Å². The van der Waals surface area contributed by atoms with Crippen LogP contribution < -0.4 is 5.69 Å². The minimum Gasteiger partial charge on any atom is -0.337 e. The predicted octanol–water partition coefficient (Wildman–Crippen LogP) is 4.69. The third kappa shape index (κ3) is 3.84. The lowest BCUT2D eigenvalue weighted by atomic mass is 9.65. The van der Waals surface area contributed by atoms with Crippen LogP contribution >= 0.6 is 11.6 Å². The Bertz CT molecular complexity index is 1220. The molecule has 1 aliphatic carbocycles. The molecule has 7 heteroatoms. The summed E-state index contributed by atoms with van der Waals surface area (Å²) in [5, 5.41) is 0.481. The second kappa shape index (κ2) is 8.17. The molecule has 5 rings (SSSR count). The second-order valence-electron chi connectivity index (χ2n) is 9.13. The van der Waals surface area contributed by atoms with Crippen molar-refractivity contribution < 1.29 is 4.79 Å². The maximum atomic E-state index is 12.9. The fourth-order valence-electron chi connectivity index (χ4n) is 4.86. The molecule has 1 spiro atoms. The number of aromatic amines is 1. The van der Waals surface area contributed by atoms with Gasteiger partial charge in [-0.15, -0.1) is 0 Å². The first kappa shape index (κ1) is 20.9. The van der Waals surface area contributed by atoms with Gasteiger partial charge in [0.05, 0.1) is 10.4 Å². The van der Waals surface area contributed by atoms with Crippen molar-refractivity contribution in [2.45, 2.75) is 39.2 Å². The summed E-state index contributed by atoms with van der Waals surface area (Å²) in [6.07, 6.45) is 4.27. The SMILES string of the molecule is CC1CCC2(CC1)CN(Cc1ccc(Cl)c(-c3nc(-c4ccccc4)nc(=O)[nH]3)c1)C2=O. The van der Waals surface area contributed by atoms with E-state index in [9.17, 15) is 9.59 Å². The standard InChI is InChI=1S/C25H25ClN4O2/c1-16-9-11-25(12-10-16)15-30(23(25)31)14-17-7-8-20(26)19(13-17)22-27-21(28-24(32)29-22)18-5-3-2-4-6-18/h2-8,13,16H,9-12,14-15H2,1H3,(H,27,28,29,32). The minimum atomic E-state index is -0.485. The number of benzene rings is 2. The first-order valence-corrected chi connectivity index (χ1v) is 11.4. The molecule has 6 nitrogen and oxygen atoms in total. The summed E-state index contributed by atoms with van der Waals surface area (Å²) >= 11 is 6.46. The van der Waals surface area contributed by atoms with Crippen molar-refractivity contribution >= 4 is 17.5 Å². The summed E-state index contributed by atoms with van der Waals surface area (Å²) in [6.45, 7) is 3.61. The maximum Gasteiger partial charge on any atom is 0.348 e. The van der Waals surface area contributed by atoms with E-state index < -0.39 is 5.69 Å². The molecule has 32 heavy (non-hydrogen) atoms. The average molecular weight is 449 g/mol. The van der Waals surface area contributed by atoms with Crippen molar-refractivity contribution in [3.63, 3.8) is 0 Å². The van der Waals surface area contributed by atoms with Crippen molar-refractivity contribution in [1.82, 2.24) is 19.9 Å². The van der Waals surface area contributed by atoms with Crippen LogP contribution in [0.3, 0.4) is 0 Å². The maximum absolute atomic E-state index is 12.9. The summed E-state index contributed by atoms with van der Waals surface area (Å²) in [5.41, 5.74) is 1.71. The number of halogens is 1. The Kier molecular flexibility index (Phi) is 5.33. The first-order chi connectivity index (χ1) is 15.4. The van der Waals surface area contributed by atoms with Gasteiger partial charge in [0, 0.05) is 24.2 Å². The lowest BCUT2D eigenvalue weighted by Gasteiger charge is -2.52. The third-order valence-corrected chi connectivity index (χ3v) is 7.14. The topological polar surface area (TPSA) is 79.0 Å². The zero-order valence-electron chi connectivity index (χ0n) is 18.0. The number of nitrogens with zero attached hydrogens (tertiary/aromatic N) is 3. The zero-order chi connectivity index (χ0) is 22.3. The molecule has 1 saturated heterocycles. The quantitative estimate of drug-likeness (QED) is 0.587. The Hall–Kier alpha value is -2.99. The molecule has 1 N–H and O–H groups in total. The molecule has 1 amide bonds. The van der Waals surface area contributed by atoms with Crippen molar-refractivity contribution in [3.8, 4) is 22.8 Å². The van der Waals surface area contributed by atoms with Gasteiger partial charge in [0.25, 0.3) is 0 Å². The molecule has 3 aromatic rings. The van der Waals surface area contributed by atoms with Crippen LogP contribution in [0.1, 0.15) is 38.2 Å². The normalized spacial score (nSPS) is 22.8. The van der Waals surface area contributed by atoms with Crippen LogP contribution in [0, 0.1) is 11.3 Å². The average Bonchev–Trinajstić information content (AvgIpc) is 2.81. The van der Waals surface area contributed by atoms with Crippen LogP contribution in [-0.2, 0) is 11.3 Å². The van der Waals surface area contributed by atoms with Crippen molar-refractivity contribution in [3.05, 3.63) is 69.6 Å². The minimum absolute atomic E-state index is 0.135. The largest absolute Gasteiger partial charge is 0.348 e. The lowest BCUT2D eigenvalue weighted by Crippen LogP contribution is -2.61. The molecular formula is C25H25ClN4O2. The van der Waals surface area contributed by atoms with Gasteiger partial charge in [-0.1, -0.05) is 54.9 Å². The molecule has 2 aromatic carbocycles. The number of aromatic nitrogens is 3. The molecule has 0 atom stereocenters. The second-order valence-corrected chi connectivity index (χ2v) is 9.54. The summed E-state index contributed by atoms with van der Waals surface area (Å²) in [7, 11) is 0. The van der Waals surface area contributed by atoms with Gasteiger partial charge in [0.2, 0.25) is 5.91 Å². The van der Waals surface area contributed by atoms with E-state index in [1.807, 2.05) is 47.4 Å². The number of β-lactam (4-membered cyclic amide) rings is 1. The van der Waals surface area contributed by atoms with E-state index in [4.69, 9.17) is 11.6 Å². The number of rotatable bonds is 4. The van der Waals surface area contributed by atoms with Gasteiger partial charge in [-0.25, -0.2) is 9.78 Å². The van der Waals surface area contributed by atoms with E-state index in [0.29, 0.717) is 28.8 Å². The first-order valence-electron chi connectivity index (χ1n) is 11.1. The molecule has 2 heterocycles. The zero-order valence-corrected chi connectivity index (χ0v) is 18.7. The van der Waals surface area contributed by atoms with E-state index in [-0.39, 0.29) is 11.3 Å². The van der Waals surface area contributed by atoms with Crippen molar-refractivity contribution in [1.29, 1.82) is 0 Å². The fourth-order valence-corrected chi connectivity index (χ4v) is 5.07. The van der Waals surface area contributed by atoms with Crippen LogP contribution in [0.15, 0.2) is 53.3 Å². The molecule has 2 aliphatic rings. The number of likely N-dealkylation sites (tertiary alicyclic amines) is 1. The molecular weight excluding hydrogens is 424 g/mol. The van der Waals surface area contributed by atoms with Gasteiger partial charge >= 0.3 is 5.69 Å². The number of hydrogen-bond donors (Lipinski definition) is 1. The highest BCUT2D eigenvalue weighted by Gasteiger charge is 2.52. The number of amides is 1. The predicted molar refractivity (Wildman–Crippen MR) is 124 cm³/mol. The Balaban J connectivity index is 1.39. The number of carbonyl (C=O) groups is 1. The summed E-state index contributed by atoms with van der Waals surface area (Å²) < 4.78 is 0. The van der Waals surface area contributed by atoms with Crippen LogP contribution in [0.2, 0.25) is 5.02 Å². The highest BCUT2D eigenvalue weighted by molar-refractivity contribution is 6.33. The van der Waals surface area contributed by atoms with E-state index in [1.54, 1.807) is 6.07 Å². The van der Waals surface area contributed by atoms with Gasteiger partial charge < -0.3 is 4.90 Å². The van der Waals surface area contributed by atoms with Gasteiger partial charge in [-0.2, -0.15) is 4.98 Å². The number of nitrogens with one attached hydrogen (secondary N) is 1. The molecule has 0 radical (unpaired) electrons. The summed E-state index contributed by atoms with van der Waals surface area (Å²) in [5.74, 6) is 1.69. The monoisotopic (exact) mass is 448 g/mol.